The van der Waals surface area contributed by atoms with E-state index < -0.39 is 10.0 Å². The van der Waals surface area contributed by atoms with Crippen molar-refractivity contribution in [3.05, 3.63) is 90.1 Å². The summed E-state index contributed by atoms with van der Waals surface area (Å²) in [6, 6.07) is 22.2. The number of aliphatic hydroxyl groups is 1. The van der Waals surface area contributed by atoms with E-state index in [0.29, 0.717) is 61.8 Å². The monoisotopic (exact) mass is 609 g/mol. The van der Waals surface area contributed by atoms with Crippen molar-refractivity contribution in [2.45, 2.75) is 26.7 Å². The number of carbonyl (C=O) groups excluding carboxylic acids is 1. The first-order chi connectivity index (χ1) is 21.2. The maximum atomic E-state index is 13.4. The molecule has 3 heterocycles. The third-order valence-electron chi connectivity index (χ3n) is 7.49. The summed E-state index contributed by atoms with van der Waals surface area (Å²) in [6.45, 7) is 3.65. The van der Waals surface area contributed by atoms with E-state index in [1.165, 1.54) is 4.31 Å². The molecule has 3 aromatic heterocycles. The number of rotatable bonds is 10. The Labute approximate surface area is 254 Å². The minimum absolute atomic E-state index is 0.0522. The van der Waals surface area contributed by atoms with Gasteiger partial charge < -0.3 is 13.9 Å². The van der Waals surface area contributed by atoms with Gasteiger partial charge in [-0.25, -0.2) is 13.4 Å². The number of ketones is 1. The van der Waals surface area contributed by atoms with E-state index in [4.69, 9.17) is 8.83 Å². The summed E-state index contributed by atoms with van der Waals surface area (Å²) >= 11 is 0. The molecule has 1 N–H and O–H groups in total. The Morgan fingerprint density at radius 2 is 1.70 bits per heavy atom. The van der Waals surface area contributed by atoms with Crippen LogP contribution in [0.25, 0.3) is 56.1 Å². The quantitative estimate of drug-likeness (QED) is 0.164. The number of hydrogen-bond acceptors (Lipinski definition) is 8. The van der Waals surface area contributed by atoms with Crippen LogP contribution in [0.5, 0.6) is 0 Å². The van der Waals surface area contributed by atoms with Crippen molar-refractivity contribution in [2.24, 2.45) is 0 Å². The highest BCUT2D eigenvalue weighted by molar-refractivity contribution is 7.92. The number of Topliss-reactive ketones (excluding diaryl/α,β-unsaturated/α-hetero) is 1. The lowest BCUT2D eigenvalue weighted by Gasteiger charge is -2.25. The van der Waals surface area contributed by atoms with Crippen LogP contribution in [0.4, 0.5) is 5.69 Å². The van der Waals surface area contributed by atoms with Gasteiger partial charge in [-0.1, -0.05) is 48.9 Å². The minimum atomic E-state index is -3.78. The number of benzene rings is 3. The van der Waals surface area contributed by atoms with Crippen molar-refractivity contribution in [3.63, 3.8) is 0 Å². The van der Waals surface area contributed by atoms with Gasteiger partial charge in [-0.2, -0.15) is 4.98 Å². The summed E-state index contributed by atoms with van der Waals surface area (Å²) in [7, 11) is -3.78. The van der Waals surface area contributed by atoms with Crippen LogP contribution in [0.2, 0.25) is 0 Å². The van der Waals surface area contributed by atoms with Crippen molar-refractivity contribution in [2.75, 3.05) is 23.7 Å². The predicted octanol–water partition coefficient (Wildman–Crippen LogP) is 7.02. The molecule has 6 aromatic rings. The zero-order valence-corrected chi connectivity index (χ0v) is 25.4. The Balaban J connectivity index is 1.62. The SMILES string of the molecule is CCC(=O)c1c(-c2ccc(C)cc2)oc2cc(N(CCCO)S(C)(=O)=O)c(-c3cccc(-c4nc5ncccc5o4)c3)cc12. The largest absolute Gasteiger partial charge is 0.455 e. The van der Waals surface area contributed by atoms with Crippen LogP contribution in [0.1, 0.15) is 35.7 Å². The smallest absolute Gasteiger partial charge is 0.232 e. The average molecular weight is 610 g/mol. The van der Waals surface area contributed by atoms with E-state index in [9.17, 15) is 18.3 Å². The van der Waals surface area contributed by atoms with Crippen molar-refractivity contribution < 1.29 is 27.2 Å². The fourth-order valence-corrected chi connectivity index (χ4v) is 6.29. The van der Waals surface area contributed by atoms with E-state index in [1.807, 2.05) is 61.5 Å². The van der Waals surface area contributed by atoms with Crippen LogP contribution in [0, 0.1) is 6.92 Å². The standard InChI is InChI=1S/C34H31N3O6S/c1-4-28(39)31-26-19-25(23-8-5-9-24(18-23)34-36-33-29(43-34)10-6-15-35-33)27(37(16-7-17-38)44(3,40)41)20-30(26)42-32(31)22-13-11-21(2)12-14-22/h5-6,8-15,18-20,38H,4,7,16-17H2,1-3H3. The highest BCUT2D eigenvalue weighted by Gasteiger charge is 2.27. The molecule has 0 amide bonds. The van der Waals surface area contributed by atoms with Gasteiger partial charge in [0.15, 0.2) is 17.0 Å². The van der Waals surface area contributed by atoms with Gasteiger partial charge in [0.1, 0.15) is 11.3 Å². The van der Waals surface area contributed by atoms with Crippen molar-refractivity contribution in [1.82, 2.24) is 9.97 Å². The number of sulfonamides is 1. The second-order valence-corrected chi connectivity index (χ2v) is 12.6. The second-order valence-electron chi connectivity index (χ2n) is 10.7. The Bertz CT molecular complexity index is 2080. The molecular weight excluding hydrogens is 578 g/mol. The molecule has 10 heteroatoms. The summed E-state index contributed by atoms with van der Waals surface area (Å²) in [5.74, 6) is 0.713. The van der Waals surface area contributed by atoms with Crippen LogP contribution in [0.15, 0.2) is 87.8 Å². The summed E-state index contributed by atoms with van der Waals surface area (Å²) in [5, 5.41) is 10.2. The number of carbonyl (C=O) groups is 1. The van der Waals surface area contributed by atoms with Crippen LogP contribution < -0.4 is 4.31 Å². The molecule has 0 spiro atoms. The van der Waals surface area contributed by atoms with Gasteiger partial charge in [-0.3, -0.25) is 9.10 Å². The maximum absolute atomic E-state index is 13.4. The molecule has 9 nitrogen and oxygen atoms in total. The zero-order valence-electron chi connectivity index (χ0n) is 24.6. The Hall–Kier alpha value is -4.80. The first-order valence-corrected chi connectivity index (χ1v) is 16.1. The molecule has 0 saturated carbocycles. The molecular formula is C34H31N3O6S. The minimum Gasteiger partial charge on any atom is -0.455 e. The van der Waals surface area contributed by atoms with Crippen LogP contribution in [-0.2, 0) is 10.0 Å². The molecule has 0 aliphatic heterocycles. The Morgan fingerprint density at radius 3 is 2.41 bits per heavy atom. The third-order valence-corrected chi connectivity index (χ3v) is 8.67. The number of aliphatic hydroxyl groups excluding tert-OH is 1. The molecule has 0 bridgehead atoms. The number of furan rings is 1. The second kappa shape index (κ2) is 11.7. The van der Waals surface area contributed by atoms with E-state index in [2.05, 4.69) is 9.97 Å². The van der Waals surface area contributed by atoms with Gasteiger partial charge in [-0.05, 0) is 49.2 Å². The lowest BCUT2D eigenvalue weighted by Crippen LogP contribution is -2.31. The van der Waals surface area contributed by atoms with Crippen LogP contribution in [0.3, 0.4) is 0 Å². The van der Waals surface area contributed by atoms with E-state index in [0.717, 1.165) is 17.4 Å². The molecule has 0 aliphatic rings. The lowest BCUT2D eigenvalue weighted by atomic mass is 9.95. The first-order valence-electron chi connectivity index (χ1n) is 14.3. The topological polar surface area (TPSA) is 127 Å². The van der Waals surface area contributed by atoms with Gasteiger partial charge in [0.05, 0.1) is 17.5 Å². The van der Waals surface area contributed by atoms with Crippen LogP contribution >= 0.6 is 0 Å². The number of nitrogens with zero attached hydrogens (tertiary/aromatic N) is 3. The number of pyridine rings is 1. The van der Waals surface area contributed by atoms with E-state index in [-0.39, 0.29) is 31.8 Å². The highest BCUT2D eigenvalue weighted by Crippen LogP contribution is 2.43. The fourth-order valence-electron chi connectivity index (χ4n) is 5.32. The summed E-state index contributed by atoms with van der Waals surface area (Å²) in [6.07, 6.45) is 3.26. The van der Waals surface area contributed by atoms with E-state index >= 15 is 0 Å². The van der Waals surface area contributed by atoms with Crippen LogP contribution in [-0.4, -0.2) is 48.7 Å². The molecule has 0 atom stereocenters. The number of fused-ring (bicyclic) bond motifs is 2. The van der Waals surface area contributed by atoms with Gasteiger partial charge >= 0.3 is 0 Å². The number of anilines is 1. The number of aromatic nitrogens is 2. The fraction of sp³-hybridized carbons (Fsp3) is 0.206. The zero-order chi connectivity index (χ0) is 31.0. The molecule has 0 saturated heterocycles. The van der Waals surface area contributed by atoms with Gasteiger partial charge in [0, 0.05) is 53.9 Å². The highest BCUT2D eigenvalue weighted by atomic mass is 32.2. The Kier molecular flexibility index (Phi) is 7.79. The molecule has 3 aromatic carbocycles. The number of aryl methyl sites for hydroxylation is 1. The molecule has 0 unspecified atom stereocenters. The van der Waals surface area contributed by atoms with Gasteiger partial charge in [-0.15, -0.1) is 0 Å². The molecule has 0 fully saturated rings. The van der Waals surface area contributed by atoms with Gasteiger partial charge in [0.2, 0.25) is 15.9 Å². The maximum Gasteiger partial charge on any atom is 0.232 e. The molecule has 0 aliphatic carbocycles. The molecule has 6 rings (SSSR count). The van der Waals surface area contributed by atoms with E-state index in [1.54, 1.807) is 31.3 Å². The normalized spacial score (nSPS) is 11.8. The average Bonchev–Trinajstić information content (AvgIpc) is 3.62. The predicted molar refractivity (Wildman–Crippen MR) is 171 cm³/mol. The van der Waals surface area contributed by atoms with Crippen molar-refractivity contribution in [3.8, 4) is 33.9 Å². The van der Waals surface area contributed by atoms with Gasteiger partial charge in [0.25, 0.3) is 0 Å². The molecule has 0 radical (unpaired) electrons. The molecule has 224 valence electrons. The third kappa shape index (κ3) is 5.49. The van der Waals surface area contributed by atoms with Crippen molar-refractivity contribution >= 4 is 43.7 Å². The van der Waals surface area contributed by atoms with Crippen molar-refractivity contribution in [1.29, 1.82) is 0 Å². The molecule has 44 heavy (non-hydrogen) atoms. The summed E-state index contributed by atoms with van der Waals surface area (Å²) < 4.78 is 39.9. The summed E-state index contributed by atoms with van der Waals surface area (Å²) in [5.41, 5.74) is 5.96. The Morgan fingerprint density at radius 1 is 0.932 bits per heavy atom. The number of hydrogen-bond donors (Lipinski definition) is 1. The number of oxazole rings is 1. The summed E-state index contributed by atoms with van der Waals surface area (Å²) in [4.78, 5) is 22.2. The first kappa shape index (κ1) is 29.3. The lowest BCUT2D eigenvalue weighted by molar-refractivity contribution is 0.0989.